The smallest absolute Gasteiger partial charge is 0.240 e. The van der Waals surface area contributed by atoms with Crippen LogP contribution in [0.5, 0.6) is 5.75 Å². The molecule has 0 aromatic heterocycles. The van der Waals surface area contributed by atoms with Gasteiger partial charge in [0, 0.05) is 12.6 Å². The van der Waals surface area contributed by atoms with Gasteiger partial charge in [0.15, 0.2) is 0 Å². The quantitative estimate of drug-likeness (QED) is 0.863. The Balaban J connectivity index is 2.17. The molecule has 0 radical (unpaired) electrons. The summed E-state index contributed by atoms with van der Waals surface area (Å²) in [6.45, 7) is 7.28. The summed E-state index contributed by atoms with van der Waals surface area (Å²) in [4.78, 5) is 0.290. The number of nitrogens with one attached hydrogen (secondary N) is 2. The Hall–Kier alpha value is -1.11. The third kappa shape index (κ3) is 3.71. The Morgan fingerprint density at radius 3 is 2.70 bits per heavy atom. The fraction of sp³-hybridized carbons (Fsp3) is 0.571. The number of benzene rings is 1. The summed E-state index contributed by atoms with van der Waals surface area (Å²) in [5, 5.41) is 3.14. The molecule has 20 heavy (non-hydrogen) atoms. The maximum absolute atomic E-state index is 12.3. The lowest BCUT2D eigenvalue weighted by Crippen LogP contribution is -2.36. The summed E-state index contributed by atoms with van der Waals surface area (Å²) in [6.07, 6.45) is 0.895. The second-order valence-corrected chi connectivity index (χ2v) is 7.12. The molecule has 1 aliphatic heterocycles. The van der Waals surface area contributed by atoms with Crippen LogP contribution in [0.15, 0.2) is 23.1 Å². The highest BCUT2D eigenvalue weighted by molar-refractivity contribution is 7.89. The average molecular weight is 298 g/mol. The van der Waals surface area contributed by atoms with Crippen molar-refractivity contribution in [3.05, 3.63) is 23.8 Å². The molecule has 1 atom stereocenters. The van der Waals surface area contributed by atoms with Crippen molar-refractivity contribution in [2.24, 2.45) is 0 Å². The van der Waals surface area contributed by atoms with E-state index in [4.69, 9.17) is 4.74 Å². The maximum atomic E-state index is 12.3. The van der Waals surface area contributed by atoms with Gasteiger partial charge in [-0.05, 0) is 57.5 Å². The van der Waals surface area contributed by atoms with Crippen LogP contribution in [0, 0.1) is 6.92 Å². The Labute approximate surface area is 120 Å². The third-order valence-electron chi connectivity index (χ3n) is 3.20. The molecule has 2 N–H and O–H groups in total. The van der Waals surface area contributed by atoms with E-state index in [0.29, 0.717) is 6.54 Å². The minimum Gasteiger partial charge on any atom is -0.491 e. The van der Waals surface area contributed by atoms with Crippen molar-refractivity contribution in [2.75, 3.05) is 13.1 Å². The monoisotopic (exact) mass is 298 g/mol. The predicted octanol–water partition coefficient (Wildman–Crippen LogP) is 1.42. The predicted molar refractivity (Wildman–Crippen MR) is 78.5 cm³/mol. The molecule has 1 aliphatic rings. The lowest BCUT2D eigenvalue weighted by molar-refractivity contribution is 0.240. The summed E-state index contributed by atoms with van der Waals surface area (Å²) in [7, 11) is -3.46. The standard InChI is InChI=1S/C14H22N2O3S/c1-10(2)19-14-5-4-13(8-11(14)3)20(17,18)16-12-6-7-15-9-12/h4-5,8,10,12,15-16H,6-7,9H2,1-3H3. The van der Waals surface area contributed by atoms with Gasteiger partial charge in [0.25, 0.3) is 0 Å². The van der Waals surface area contributed by atoms with Crippen LogP contribution in [0.1, 0.15) is 25.8 Å². The second kappa shape index (κ2) is 6.11. The summed E-state index contributed by atoms with van der Waals surface area (Å²) in [5.41, 5.74) is 0.825. The molecular formula is C14H22N2O3S. The highest BCUT2D eigenvalue weighted by atomic mass is 32.2. The zero-order chi connectivity index (χ0) is 14.8. The molecule has 2 rings (SSSR count). The zero-order valence-corrected chi connectivity index (χ0v) is 13.0. The highest BCUT2D eigenvalue weighted by Crippen LogP contribution is 2.23. The van der Waals surface area contributed by atoms with Crippen LogP contribution in [-0.4, -0.2) is 33.7 Å². The van der Waals surface area contributed by atoms with E-state index >= 15 is 0 Å². The first kappa shape index (κ1) is 15.3. The van der Waals surface area contributed by atoms with Gasteiger partial charge < -0.3 is 10.1 Å². The number of hydrogen-bond acceptors (Lipinski definition) is 4. The molecule has 0 aliphatic carbocycles. The van der Waals surface area contributed by atoms with Gasteiger partial charge in [0.1, 0.15) is 5.75 Å². The van der Waals surface area contributed by atoms with E-state index in [1.54, 1.807) is 18.2 Å². The van der Waals surface area contributed by atoms with Crippen LogP contribution in [-0.2, 0) is 10.0 Å². The van der Waals surface area contributed by atoms with Gasteiger partial charge in [-0.15, -0.1) is 0 Å². The van der Waals surface area contributed by atoms with E-state index in [9.17, 15) is 8.42 Å². The molecule has 1 aromatic rings. The van der Waals surface area contributed by atoms with Crippen molar-refractivity contribution < 1.29 is 13.2 Å². The number of rotatable bonds is 5. The summed E-state index contributed by atoms with van der Waals surface area (Å²) >= 11 is 0. The first-order valence-electron chi connectivity index (χ1n) is 6.89. The fourth-order valence-electron chi connectivity index (χ4n) is 2.22. The number of aryl methyl sites for hydroxylation is 1. The number of hydrogen-bond donors (Lipinski definition) is 2. The minimum absolute atomic E-state index is 0.0214. The minimum atomic E-state index is -3.46. The molecule has 0 bridgehead atoms. The molecule has 6 heteroatoms. The molecule has 1 saturated heterocycles. The molecule has 0 amide bonds. The van der Waals surface area contributed by atoms with E-state index < -0.39 is 10.0 Å². The first-order valence-corrected chi connectivity index (χ1v) is 8.37. The Morgan fingerprint density at radius 2 is 2.15 bits per heavy atom. The SMILES string of the molecule is Cc1cc(S(=O)(=O)NC2CCNC2)ccc1OC(C)C. The van der Waals surface area contributed by atoms with Crippen molar-refractivity contribution >= 4 is 10.0 Å². The lowest BCUT2D eigenvalue weighted by atomic mass is 10.2. The third-order valence-corrected chi connectivity index (χ3v) is 4.72. The van der Waals surface area contributed by atoms with Gasteiger partial charge in [-0.2, -0.15) is 0 Å². The highest BCUT2D eigenvalue weighted by Gasteiger charge is 2.23. The van der Waals surface area contributed by atoms with Crippen molar-refractivity contribution in [3.8, 4) is 5.75 Å². The molecule has 0 spiro atoms. The second-order valence-electron chi connectivity index (χ2n) is 5.40. The zero-order valence-electron chi connectivity index (χ0n) is 12.1. The van der Waals surface area contributed by atoms with Crippen LogP contribution in [0.3, 0.4) is 0 Å². The van der Waals surface area contributed by atoms with Gasteiger partial charge in [-0.1, -0.05) is 0 Å². The van der Waals surface area contributed by atoms with E-state index in [2.05, 4.69) is 10.0 Å². The average Bonchev–Trinajstić information content (AvgIpc) is 2.83. The van der Waals surface area contributed by atoms with Gasteiger partial charge >= 0.3 is 0 Å². The van der Waals surface area contributed by atoms with Crippen molar-refractivity contribution in [2.45, 2.75) is 44.2 Å². The Kier molecular flexibility index (Phi) is 4.67. The van der Waals surface area contributed by atoms with Crippen LogP contribution in [0.4, 0.5) is 0 Å². The van der Waals surface area contributed by atoms with Gasteiger partial charge in [0.2, 0.25) is 10.0 Å². The first-order chi connectivity index (χ1) is 9.38. The molecule has 0 saturated carbocycles. The van der Waals surface area contributed by atoms with E-state index in [-0.39, 0.29) is 17.0 Å². The number of sulfonamides is 1. The largest absolute Gasteiger partial charge is 0.491 e. The van der Waals surface area contributed by atoms with E-state index in [0.717, 1.165) is 24.3 Å². The summed E-state index contributed by atoms with van der Waals surface area (Å²) in [6, 6.07) is 4.95. The van der Waals surface area contributed by atoms with Crippen LogP contribution in [0.2, 0.25) is 0 Å². The van der Waals surface area contributed by atoms with E-state index in [1.165, 1.54) is 0 Å². The summed E-state index contributed by atoms with van der Waals surface area (Å²) in [5.74, 6) is 0.724. The van der Waals surface area contributed by atoms with Crippen molar-refractivity contribution in [1.29, 1.82) is 0 Å². The summed E-state index contributed by atoms with van der Waals surface area (Å²) < 4.78 is 32.9. The van der Waals surface area contributed by atoms with Gasteiger partial charge in [-0.3, -0.25) is 0 Å². The molecule has 1 heterocycles. The molecule has 112 valence electrons. The van der Waals surface area contributed by atoms with Crippen LogP contribution < -0.4 is 14.8 Å². The normalized spacial score (nSPS) is 19.5. The molecule has 5 nitrogen and oxygen atoms in total. The molecule has 1 aromatic carbocycles. The van der Waals surface area contributed by atoms with Crippen LogP contribution in [0.25, 0.3) is 0 Å². The molecule has 1 unspecified atom stereocenters. The van der Waals surface area contributed by atoms with Gasteiger partial charge in [0.05, 0.1) is 11.0 Å². The fourth-order valence-corrected chi connectivity index (χ4v) is 3.57. The Morgan fingerprint density at radius 1 is 1.40 bits per heavy atom. The van der Waals surface area contributed by atoms with Crippen molar-refractivity contribution in [3.63, 3.8) is 0 Å². The van der Waals surface area contributed by atoms with Crippen LogP contribution >= 0.6 is 0 Å². The lowest BCUT2D eigenvalue weighted by Gasteiger charge is -2.15. The van der Waals surface area contributed by atoms with E-state index in [1.807, 2.05) is 20.8 Å². The van der Waals surface area contributed by atoms with Gasteiger partial charge in [-0.25, -0.2) is 13.1 Å². The number of ether oxygens (including phenoxy) is 1. The molecule has 1 fully saturated rings. The topological polar surface area (TPSA) is 67.4 Å². The molecular weight excluding hydrogens is 276 g/mol. The van der Waals surface area contributed by atoms with Crippen molar-refractivity contribution in [1.82, 2.24) is 10.0 Å². The maximum Gasteiger partial charge on any atom is 0.240 e. The Bertz CT molecular complexity index is 564.